The van der Waals surface area contributed by atoms with Crippen LogP contribution in [0.2, 0.25) is 5.02 Å². The summed E-state index contributed by atoms with van der Waals surface area (Å²) in [4.78, 5) is 16.7. The second kappa shape index (κ2) is 5.65. The van der Waals surface area contributed by atoms with Crippen LogP contribution in [0.25, 0.3) is 11.0 Å². The van der Waals surface area contributed by atoms with Crippen LogP contribution in [-0.4, -0.2) is 72.1 Å². The molecule has 2 aliphatic rings. The average Bonchev–Trinajstić information content (AvgIpc) is 2.53. The summed E-state index contributed by atoms with van der Waals surface area (Å²) in [5, 5.41) is 0.706. The molecule has 0 amide bonds. The van der Waals surface area contributed by atoms with E-state index in [0.717, 1.165) is 43.0 Å². The van der Waals surface area contributed by atoms with Gasteiger partial charge in [0.15, 0.2) is 0 Å². The Morgan fingerprint density at radius 1 is 1.09 bits per heavy atom. The molecule has 0 spiro atoms. The molecule has 22 heavy (non-hydrogen) atoms. The normalized spacial score (nSPS) is 23.7. The first kappa shape index (κ1) is 14.2. The van der Waals surface area contributed by atoms with E-state index in [4.69, 9.17) is 16.6 Å². The summed E-state index contributed by atoms with van der Waals surface area (Å²) in [5.41, 5.74) is 1.76. The standard InChI is InChI=1S/C16H20ClN5/c1-20-4-5-21-6-7-22(11-13(21)10-20)16-9-18-14-3-2-12(17)8-15(14)19-16/h2-3,8-9,13H,4-7,10-11H2,1H3. The summed E-state index contributed by atoms with van der Waals surface area (Å²) in [6, 6.07) is 6.25. The van der Waals surface area contributed by atoms with Gasteiger partial charge in [0.2, 0.25) is 0 Å². The fraction of sp³-hybridized carbons (Fsp3) is 0.500. The fourth-order valence-electron chi connectivity index (χ4n) is 3.45. The molecule has 1 aromatic heterocycles. The number of rotatable bonds is 1. The van der Waals surface area contributed by atoms with Crippen molar-refractivity contribution in [3.8, 4) is 0 Å². The lowest BCUT2D eigenvalue weighted by Gasteiger charge is -2.46. The number of benzene rings is 1. The fourth-order valence-corrected chi connectivity index (χ4v) is 3.61. The second-order valence-electron chi connectivity index (χ2n) is 6.26. The van der Waals surface area contributed by atoms with Gasteiger partial charge in [-0.25, -0.2) is 4.98 Å². The van der Waals surface area contributed by atoms with E-state index in [2.05, 4.69) is 26.7 Å². The van der Waals surface area contributed by atoms with Gasteiger partial charge in [0.05, 0.1) is 17.2 Å². The van der Waals surface area contributed by atoms with Crippen molar-refractivity contribution in [1.29, 1.82) is 0 Å². The van der Waals surface area contributed by atoms with Crippen LogP contribution in [0, 0.1) is 0 Å². The van der Waals surface area contributed by atoms with E-state index in [9.17, 15) is 0 Å². The molecule has 4 rings (SSSR count). The van der Waals surface area contributed by atoms with Crippen molar-refractivity contribution in [2.75, 3.05) is 51.2 Å². The lowest BCUT2D eigenvalue weighted by atomic mass is 10.1. The topological polar surface area (TPSA) is 35.5 Å². The molecule has 1 aromatic carbocycles. The van der Waals surface area contributed by atoms with Crippen LogP contribution in [0.1, 0.15) is 0 Å². The third-order valence-electron chi connectivity index (χ3n) is 4.71. The number of likely N-dealkylation sites (N-methyl/N-ethyl adjacent to an activating group) is 1. The van der Waals surface area contributed by atoms with Crippen LogP contribution in [-0.2, 0) is 0 Å². The van der Waals surface area contributed by atoms with E-state index in [0.29, 0.717) is 11.1 Å². The first-order valence-electron chi connectivity index (χ1n) is 7.79. The molecule has 0 bridgehead atoms. The Morgan fingerprint density at radius 3 is 2.86 bits per heavy atom. The van der Waals surface area contributed by atoms with E-state index < -0.39 is 0 Å². The highest BCUT2D eigenvalue weighted by molar-refractivity contribution is 6.31. The second-order valence-corrected chi connectivity index (χ2v) is 6.70. The Hall–Kier alpha value is -1.43. The number of hydrogen-bond donors (Lipinski definition) is 0. The van der Waals surface area contributed by atoms with Crippen LogP contribution in [0.15, 0.2) is 24.4 Å². The first-order chi connectivity index (χ1) is 10.7. The van der Waals surface area contributed by atoms with Crippen molar-refractivity contribution in [3.63, 3.8) is 0 Å². The summed E-state index contributed by atoms with van der Waals surface area (Å²) >= 11 is 6.07. The van der Waals surface area contributed by atoms with Gasteiger partial charge in [0.1, 0.15) is 5.82 Å². The average molecular weight is 318 g/mol. The van der Waals surface area contributed by atoms with Crippen LogP contribution in [0.3, 0.4) is 0 Å². The summed E-state index contributed by atoms with van der Waals surface area (Å²) in [6.45, 7) is 6.61. The summed E-state index contributed by atoms with van der Waals surface area (Å²) in [7, 11) is 2.20. The Morgan fingerprint density at radius 2 is 1.95 bits per heavy atom. The predicted octanol–water partition coefficient (Wildman–Crippen LogP) is 1.72. The van der Waals surface area contributed by atoms with Crippen molar-refractivity contribution in [2.45, 2.75) is 6.04 Å². The number of anilines is 1. The van der Waals surface area contributed by atoms with Crippen molar-refractivity contribution >= 4 is 28.5 Å². The third-order valence-corrected chi connectivity index (χ3v) is 4.95. The zero-order valence-electron chi connectivity index (χ0n) is 12.7. The maximum atomic E-state index is 6.07. The molecular weight excluding hydrogens is 298 g/mol. The van der Waals surface area contributed by atoms with Crippen molar-refractivity contribution in [2.24, 2.45) is 0 Å². The molecule has 2 saturated heterocycles. The van der Waals surface area contributed by atoms with E-state index in [1.165, 1.54) is 13.1 Å². The SMILES string of the molecule is CN1CCN2CCN(c3cnc4ccc(Cl)cc4n3)CC2C1. The molecule has 116 valence electrons. The largest absolute Gasteiger partial charge is 0.352 e. The van der Waals surface area contributed by atoms with Gasteiger partial charge in [-0.15, -0.1) is 0 Å². The van der Waals surface area contributed by atoms with Crippen LogP contribution < -0.4 is 4.90 Å². The molecule has 1 unspecified atom stereocenters. The molecule has 2 aliphatic heterocycles. The Balaban J connectivity index is 1.59. The number of aromatic nitrogens is 2. The minimum absolute atomic E-state index is 0.587. The maximum absolute atomic E-state index is 6.07. The highest BCUT2D eigenvalue weighted by atomic mass is 35.5. The van der Waals surface area contributed by atoms with Gasteiger partial charge in [-0.2, -0.15) is 0 Å². The van der Waals surface area contributed by atoms with Crippen molar-refractivity contribution in [3.05, 3.63) is 29.4 Å². The number of nitrogens with zero attached hydrogens (tertiary/aromatic N) is 5. The Bertz CT molecular complexity index is 691. The van der Waals surface area contributed by atoms with Crippen LogP contribution in [0.4, 0.5) is 5.82 Å². The van der Waals surface area contributed by atoms with E-state index in [1.54, 1.807) is 0 Å². The van der Waals surface area contributed by atoms with Gasteiger partial charge in [0.25, 0.3) is 0 Å². The molecule has 5 nitrogen and oxygen atoms in total. The monoisotopic (exact) mass is 317 g/mol. The van der Waals surface area contributed by atoms with E-state index in [-0.39, 0.29) is 0 Å². The molecule has 3 heterocycles. The molecular formula is C16H20ClN5. The van der Waals surface area contributed by atoms with Gasteiger partial charge in [-0.05, 0) is 25.2 Å². The smallest absolute Gasteiger partial charge is 0.147 e. The molecule has 2 fully saturated rings. The van der Waals surface area contributed by atoms with E-state index >= 15 is 0 Å². The quantitative estimate of drug-likeness (QED) is 0.800. The predicted molar refractivity (Wildman–Crippen MR) is 89.6 cm³/mol. The number of hydrogen-bond acceptors (Lipinski definition) is 5. The van der Waals surface area contributed by atoms with Crippen molar-refractivity contribution in [1.82, 2.24) is 19.8 Å². The third kappa shape index (κ3) is 2.64. The van der Waals surface area contributed by atoms with Gasteiger partial charge in [0, 0.05) is 50.3 Å². The van der Waals surface area contributed by atoms with Gasteiger partial charge in [-0.1, -0.05) is 11.6 Å². The molecule has 0 radical (unpaired) electrons. The first-order valence-corrected chi connectivity index (χ1v) is 8.17. The lowest BCUT2D eigenvalue weighted by Crippen LogP contribution is -2.61. The molecule has 0 saturated carbocycles. The molecule has 6 heteroatoms. The number of fused-ring (bicyclic) bond motifs is 2. The highest BCUT2D eigenvalue weighted by Gasteiger charge is 2.31. The van der Waals surface area contributed by atoms with Crippen LogP contribution in [0.5, 0.6) is 0 Å². The zero-order valence-corrected chi connectivity index (χ0v) is 13.5. The maximum Gasteiger partial charge on any atom is 0.147 e. The molecule has 0 N–H and O–H groups in total. The molecule has 1 atom stereocenters. The Labute approximate surface area is 135 Å². The van der Waals surface area contributed by atoms with Gasteiger partial charge in [-0.3, -0.25) is 9.88 Å². The highest BCUT2D eigenvalue weighted by Crippen LogP contribution is 2.22. The zero-order chi connectivity index (χ0) is 15.1. The van der Waals surface area contributed by atoms with E-state index in [1.807, 2.05) is 24.4 Å². The lowest BCUT2D eigenvalue weighted by molar-refractivity contribution is 0.0805. The minimum atomic E-state index is 0.587. The summed E-state index contributed by atoms with van der Waals surface area (Å²) in [6.07, 6.45) is 1.89. The summed E-state index contributed by atoms with van der Waals surface area (Å²) in [5.74, 6) is 0.961. The molecule has 2 aromatic rings. The van der Waals surface area contributed by atoms with Gasteiger partial charge < -0.3 is 9.80 Å². The number of halogens is 1. The summed E-state index contributed by atoms with van der Waals surface area (Å²) < 4.78 is 0. The molecule has 0 aliphatic carbocycles. The Kier molecular flexibility index (Phi) is 3.64. The van der Waals surface area contributed by atoms with Gasteiger partial charge >= 0.3 is 0 Å². The van der Waals surface area contributed by atoms with Crippen molar-refractivity contribution < 1.29 is 0 Å². The van der Waals surface area contributed by atoms with Crippen LogP contribution >= 0.6 is 11.6 Å². The minimum Gasteiger partial charge on any atom is -0.352 e. The number of piperazine rings is 2.